The van der Waals surface area contributed by atoms with E-state index in [1.54, 1.807) is 18.1 Å². The van der Waals surface area contributed by atoms with E-state index >= 15 is 0 Å². The van der Waals surface area contributed by atoms with Crippen LogP contribution in [0.4, 0.5) is 10.7 Å². The van der Waals surface area contributed by atoms with Crippen LogP contribution in [0.15, 0.2) is 54.7 Å². The van der Waals surface area contributed by atoms with Crippen molar-refractivity contribution in [2.24, 2.45) is 0 Å². The van der Waals surface area contributed by atoms with Crippen molar-refractivity contribution in [3.05, 3.63) is 65.9 Å². The molecule has 3 N–H and O–H groups in total. The minimum absolute atomic E-state index is 0.0304. The van der Waals surface area contributed by atoms with Gasteiger partial charge in [-0.25, -0.2) is 9.78 Å². The molecule has 0 saturated carbocycles. The maximum absolute atomic E-state index is 12.5. The molecule has 3 amide bonds. The highest BCUT2D eigenvalue weighted by atomic mass is 16.2. The Bertz CT molecular complexity index is 1350. The zero-order valence-electron chi connectivity index (χ0n) is 17.8. The summed E-state index contributed by atoms with van der Waals surface area (Å²) < 4.78 is 0. The fourth-order valence-electron chi connectivity index (χ4n) is 4.00. The van der Waals surface area contributed by atoms with Crippen molar-refractivity contribution in [3.8, 4) is 22.4 Å². The van der Waals surface area contributed by atoms with Gasteiger partial charge in [0.15, 0.2) is 0 Å². The number of nitrogens with one attached hydrogen (secondary N) is 3. The number of rotatable bonds is 4. The first kappa shape index (κ1) is 19.7. The SMILES string of the molecule is CCNC(=O)Nc1nc2c(-c3ccccn3)cc(-c3ccc4c(c3)C(=O)N(C)C4)cc2[nH]1. The number of imidazole rings is 1. The first-order valence-electron chi connectivity index (χ1n) is 10.4. The highest BCUT2D eigenvalue weighted by Gasteiger charge is 2.25. The Hall–Kier alpha value is -4.20. The third kappa shape index (κ3) is 3.45. The lowest BCUT2D eigenvalue weighted by Gasteiger charge is -2.08. The number of hydrogen-bond donors (Lipinski definition) is 3. The van der Waals surface area contributed by atoms with Crippen LogP contribution in [-0.4, -0.2) is 45.4 Å². The number of nitrogens with zero attached hydrogens (tertiary/aromatic N) is 3. The predicted molar refractivity (Wildman–Crippen MR) is 123 cm³/mol. The molecule has 0 aliphatic carbocycles. The monoisotopic (exact) mass is 426 g/mol. The Balaban J connectivity index is 1.64. The number of H-pyrrole nitrogens is 1. The highest BCUT2D eigenvalue weighted by molar-refractivity contribution is 6.01. The second-order valence-corrected chi connectivity index (χ2v) is 7.74. The lowest BCUT2D eigenvalue weighted by atomic mass is 9.97. The smallest absolute Gasteiger partial charge is 0.321 e. The number of benzene rings is 2. The fraction of sp³-hybridized carbons (Fsp3) is 0.167. The lowest BCUT2D eigenvalue weighted by Crippen LogP contribution is -2.28. The first-order chi connectivity index (χ1) is 15.5. The molecule has 4 aromatic rings. The Kier molecular flexibility index (Phi) is 4.82. The number of pyridine rings is 1. The van der Waals surface area contributed by atoms with Crippen LogP contribution in [0.3, 0.4) is 0 Å². The minimum Gasteiger partial charge on any atom is -0.338 e. The van der Waals surface area contributed by atoms with Gasteiger partial charge in [-0.3, -0.25) is 15.1 Å². The van der Waals surface area contributed by atoms with Crippen molar-refractivity contribution in [2.75, 3.05) is 18.9 Å². The van der Waals surface area contributed by atoms with Gasteiger partial charge >= 0.3 is 6.03 Å². The van der Waals surface area contributed by atoms with E-state index in [1.165, 1.54) is 0 Å². The fourth-order valence-corrected chi connectivity index (χ4v) is 4.00. The molecule has 8 heteroatoms. The van der Waals surface area contributed by atoms with E-state index in [0.717, 1.165) is 39.0 Å². The van der Waals surface area contributed by atoms with Gasteiger partial charge < -0.3 is 15.2 Å². The molecule has 160 valence electrons. The maximum atomic E-state index is 12.5. The van der Waals surface area contributed by atoms with Crippen molar-refractivity contribution < 1.29 is 9.59 Å². The molecule has 5 rings (SSSR count). The largest absolute Gasteiger partial charge is 0.338 e. The number of anilines is 1. The molecule has 0 atom stereocenters. The van der Waals surface area contributed by atoms with Crippen LogP contribution in [0.2, 0.25) is 0 Å². The van der Waals surface area contributed by atoms with E-state index in [0.29, 0.717) is 24.6 Å². The standard InChI is InChI=1S/C24H22N6O2/c1-3-25-24(32)29-23-27-20-12-16(11-18(21(20)28-23)19-6-4-5-9-26-19)14-7-8-15-13-30(2)22(31)17(15)10-14/h4-12H,3,13H2,1-2H3,(H3,25,27,28,29,32). The highest BCUT2D eigenvalue weighted by Crippen LogP contribution is 2.34. The van der Waals surface area contributed by atoms with E-state index in [4.69, 9.17) is 0 Å². The molecular weight excluding hydrogens is 404 g/mol. The van der Waals surface area contributed by atoms with Gasteiger partial charge in [-0.15, -0.1) is 0 Å². The van der Waals surface area contributed by atoms with Gasteiger partial charge in [0.1, 0.15) is 0 Å². The molecule has 2 aromatic heterocycles. The van der Waals surface area contributed by atoms with Crippen LogP contribution in [0, 0.1) is 0 Å². The molecule has 0 unspecified atom stereocenters. The van der Waals surface area contributed by atoms with E-state index in [2.05, 4.69) is 25.6 Å². The molecule has 3 heterocycles. The van der Waals surface area contributed by atoms with Gasteiger partial charge in [0.2, 0.25) is 5.95 Å². The molecule has 0 radical (unpaired) electrons. The number of carbonyl (C=O) groups excluding carboxylic acids is 2. The quantitative estimate of drug-likeness (QED) is 0.459. The van der Waals surface area contributed by atoms with E-state index in [1.807, 2.05) is 55.5 Å². The van der Waals surface area contributed by atoms with Crippen LogP contribution in [0.1, 0.15) is 22.8 Å². The molecule has 2 aromatic carbocycles. The molecule has 0 fully saturated rings. The van der Waals surface area contributed by atoms with Crippen LogP contribution < -0.4 is 10.6 Å². The lowest BCUT2D eigenvalue weighted by molar-refractivity contribution is 0.0816. The number of urea groups is 1. The van der Waals surface area contributed by atoms with Crippen molar-refractivity contribution in [2.45, 2.75) is 13.5 Å². The topological polar surface area (TPSA) is 103 Å². The molecule has 32 heavy (non-hydrogen) atoms. The number of aromatic nitrogens is 3. The second kappa shape index (κ2) is 7.81. The molecule has 8 nitrogen and oxygen atoms in total. The average Bonchev–Trinajstić information content (AvgIpc) is 3.33. The first-order valence-corrected chi connectivity index (χ1v) is 10.4. The Morgan fingerprint density at radius 3 is 2.75 bits per heavy atom. The second-order valence-electron chi connectivity index (χ2n) is 7.74. The molecular formula is C24H22N6O2. The summed E-state index contributed by atoms with van der Waals surface area (Å²) in [5.74, 6) is 0.383. The normalized spacial score (nSPS) is 12.8. The van der Waals surface area contributed by atoms with E-state index in [9.17, 15) is 9.59 Å². The van der Waals surface area contributed by atoms with Crippen molar-refractivity contribution >= 4 is 28.9 Å². The summed E-state index contributed by atoms with van der Waals surface area (Å²) in [7, 11) is 1.81. The van der Waals surface area contributed by atoms with Crippen molar-refractivity contribution in [3.63, 3.8) is 0 Å². The molecule has 0 bridgehead atoms. The summed E-state index contributed by atoms with van der Waals surface area (Å²) >= 11 is 0. The summed E-state index contributed by atoms with van der Waals surface area (Å²) in [5, 5.41) is 5.42. The number of aromatic amines is 1. The number of hydrogen-bond acceptors (Lipinski definition) is 4. The summed E-state index contributed by atoms with van der Waals surface area (Å²) in [6.45, 7) is 2.99. The Morgan fingerprint density at radius 1 is 1.12 bits per heavy atom. The van der Waals surface area contributed by atoms with Crippen LogP contribution in [-0.2, 0) is 6.54 Å². The summed E-state index contributed by atoms with van der Waals surface area (Å²) in [6.07, 6.45) is 1.73. The number of carbonyl (C=O) groups is 2. The summed E-state index contributed by atoms with van der Waals surface area (Å²) in [4.78, 5) is 38.5. The van der Waals surface area contributed by atoms with E-state index < -0.39 is 0 Å². The zero-order valence-corrected chi connectivity index (χ0v) is 17.8. The van der Waals surface area contributed by atoms with Gasteiger partial charge in [0, 0.05) is 37.5 Å². The predicted octanol–water partition coefficient (Wildman–Crippen LogP) is 4.02. The minimum atomic E-state index is -0.326. The number of amides is 3. The summed E-state index contributed by atoms with van der Waals surface area (Å²) in [5.41, 5.74) is 6.69. The van der Waals surface area contributed by atoms with Crippen molar-refractivity contribution in [1.82, 2.24) is 25.2 Å². The van der Waals surface area contributed by atoms with Gasteiger partial charge in [0.05, 0.1) is 16.7 Å². The number of fused-ring (bicyclic) bond motifs is 2. The van der Waals surface area contributed by atoms with Crippen LogP contribution >= 0.6 is 0 Å². The average molecular weight is 426 g/mol. The Morgan fingerprint density at radius 2 is 1.97 bits per heavy atom. The van der Waals surface area contributed by atoms with Crippen molar-refractivity contribution in [1.29, 1.82) is 0 Å². The zero-order chi connectivity index (χ0) is 22.2. The van der Waals surface area contributed by atoms with Crippen LogP contribution in [0.5, 0.6) is 0 Å². The van der Waals surface area contributed by atoms with E-state index in [-0.39, 0.29) is 11.9 Å². The van der Waals surface area contributed by atoms with Gasteiger partial charge in [0.25, 0.3) is 5.91 Å². The molecule has 0 saturated heterocycles. The molecule has 1 aliphatic rings. The molecule has 1 aliphatic heterocycles. The third-order valence-electron chi connectivity index (χ3n) is 5.52. The van der Waals surface area contributed by atoms with Gasteiger partial charge in [-0.05, 0) is 53.9 Å². The maximum Gasteiger partial charge on any atom is 0.321 e. The van der Waals surface area contributed by atoms with Gasteiger partial charge in [-0.2, -0.15) is 0 Å². The third-order valence-corrected chi connectivity index (χ3v) is 5.52. The molecule has 0 spiro atoms. The summed E-state index contributed by atoms with van der Waals surface area (Å²) in [6, 6.07) is 15.3. The van der Waals surface area contributed by atoms with Gasteiger partial charge in [-0.1, -0.05) is 18.2 Å². The van der Waals surface area contributed by atoms with Crippen LogP contribution in [0.25, 0.3) is 33.4 Å². The Labute approximate surface area is 184 Å².